The van der Waals surface area contributed by atoms with E-state index in [1.54, 1.807) is 13.2 Å². The smallest absolute Gasteiger partial charge is 0.226 e. The van der Waals surface area contributed by atoms with Crippen LogP contribution in [-0.2, 0) is 4.79 Å². The molecule has 170 valence electrons. The number of hydrogen-bond donors (Lipinski definition) is 1. The highest BCUT2D eigenvalue weighted by molar-refractivity contribution is 6.30. The van der Waals surface area contributed by atoms with E-state index in [9.17, 15) is 4.79 Å². The lowest BCUT2D eigenvalue weighted by Crippen LogP contribution is -2.34. The van der Waals surface area contributed by atoms with Crippen LogP contribution in [0.2, 0.25) is 5.02 Å². The number of amides is 1. The molecule has 0 saturated heterocycles. The van der Waals surface area contributed by atoms with Crippen LogP contribution in [0.15, 0.2) is 60.1 Å². The number of halogens is 1. The number of carbonyl (C=O) groups excluding carboxylic acids is 1. The van der Waals surface area contributed by atoms with Crippen molar-refractivity contribution in [1.29, 1.82) is 0 Å². The number of ether oxygens (including phenoxy) is 1. The maximum atomic E-state index is 13.1. The van der Waals surface area contributed by atoms with Gasteiger partial charge in [-0.2, -0.15) is 0 Å². The number of hydrogen-bond acceptors (Lipinski definition) is 5. The summed E-state index contributed by atoms with van der Waals surface area (Å²) in [4.78, 5) is 18.3. The molecule has 0 spiro atoms. The summed E-state index contributed by atoms with van der Waals surface area (Å²) < 4.78 is 7.49. The van der Waals surface area contributed by atoms with Gasteiger partial charge in [0.15, 0.2) is 5.82 Å². The van der Waals surface area contributed by atoms with E-state index >= 15 is 0 Å². The van der Waals surface area contributed by atoms with Crippen molar-refractivity contribution in [2.75, 3.05) is 13.7 Å². The first kappa shape index (κ1) is 22.7. The van der Waals surface area contributed by atoms with Gasteiger partial charge in [0.05, 0.1) is 24.4 Å². The van der Waals surface area contributed by atoms with Crippen molar-refractivity contribution in [1.82, 2.24) is 20.1 Å². The van der Waals surface area contributed by atoms with Crippen molar-refractivity contribution in [3.63, 3.8) is 0 Å². The number of fused-ring (bicyclic) bond motifs is 3. The average Bonchev–Trinajstić information content (AvgIpc) is 3.13. The highest BCUT2D eigenvalue weighted by Crippen LogP contribution is 2.37. The first-order valence-corrected chi connectivity index (χ1v) is 11.2. The highest BCUT2D eigenvalue weighted by Gasteiger charge is 2.36. The second-order valence-electron chi connectivity index (χ2n) is 7.78. The predicted octanol–water partition coefficient (Wildman–Crippen LogP) is 4.46. The Morgan fingerprint density at radius 3 is 2.70 bits per heavy atom. The number of nitrogens with one attached hydrogen (secondary N) is 1. The summed E-state index contributed by atoms with van der Waals surface area (Å²) in [5, 5.41) is 12.4. The molecule has 2 heterocycles. The van der Waals surface area contributed by atoms with Crippen LogP contribution in [0.5, 0.6) is 5.75 Å². The first-order valence-electron chi connectivity index (χ1n) is 10.8. The zero-order chi connectivity index (χ0) is 23.5. The molecule has 4 rings (SSSR count). The second-order valence-corrected chi connectivity index (χ2v) is 8.22. The number of nitrogens with zero attached hydrogens (tertiary/aromatic N) is 4. The van der Waals surface area contributed by atoms with E-state index in [1.807, 2.05) is 60.9 Å². The minimum Gasteiger partial charge on any atom is -0.497 e. The normalized spacial score (nSPS) is 15.5. The van der Waals surface area contributed by atoms with E-state index in [1.165, 1.54) is 0 Å². The van der Waals surface area contributed by atoms with Gasteiger partial charge in [0.25, 0.3) is 0 Å². The zero-order valence-electron chi connectivity index (χ0n) is 18.9. The van der Waals surface area contributed by atoms with Gasteiger partial charge in [0.1, 0.15) is 17.6 Å². The van der Waals surface area contributed by atoms with Crippen molar-refractivity contribution >= 4 is 23.2 Å². The van der Waals surface area contributed by atoms with E-state index in [4.69, 9.17) is 21.3 Å². The number of allylic oxidation sites excluding steroid dienone is 1. The van der Waals surface area contributed by atoms with Gasteiger partial charge in [-0.1, -0.05) is 29.8 Å². The van der Waals surface area contributed by atoms with Gasteiger partial charge in [0, 0.05) is 22.7 Å². The Bertz CT molecular complexity index is 1220. The minimum atomic E-state index is -0.570. The summed E-state index contributed by atoms with van der Waals surface area (Å²) in [5.41, 5.74) is 3.34. The van der Waals surface area contributed by atoms with Gasteiger partial charge in [-0.3, -0.25) is 14.4 Å². The van der Waals surface area contributed by atoms with Gasteiger partial charge in [-0.05, 0) is 50.6 Å². The van der Waals surface area contributed by atoms with Crippen LogP contribution >= 0.6 is 11.6 Å². The third kappa shape index (κ3) is 4.28. The Kier molecular flexibility index (Phi) is 6.60. The lowest BCUT2D eigenvalue weighted by atomic mass is 9.94. The summed E-state index contributed by atoms with van der Waals surface area (Å²) in [6, 6.07) is 12.8. The molecule has 1 amide bonds. The standard InChI is InChI=1S/C25H26ClN5O2/c1-5-7-19(25(32)27-6-2)23-24-30-29-15(3)31(24)21-13-12-18(33-4)14-20(21)22(28-23)16-8-10-17(26)11-9-16/h5,8-14,19,23H,1,6-7H2,2-4H3,(H,27,32)/t19?,23-/m0/s1. The van der Waals surface area contributed by atoms with Crippen LogP contribution < -0.4 is 10.1 Å². The number of methoxy groups -OCH3 is 1. The molecule has 1 N–H and O–H groups in total. The number of benzene rings is 2. The Morgan fingerprint density at radius 1 is 1.27 bits per heavy atom. The molecular formula is C25H26ClN5O2. The SMILES string of the molecule is C=CCC(C(=O)NCC)[C@@H]1N=C(c2ccc(Cl)cc2)c2cc(OC)ccc2-n2c(C)nnc21. The molecule has 8 heteroatoms. The highest BCUT2D eigenvalue weighted by atomic mass is 35.5. The van der Waals surface area contributed by atoms with Crippen molar-refractivity contribution in [3.05, 3.63) is 82.9 Å². The molecule has 33 heavy (non-hydrogen) atoms. The lowest BCUT2D eigenvalue weighted by molar-refractivity contribution is -0.125. The quantitative estimate of drug-likeness (QED) is 0.524. The molecule has 2 aromatic carbocycles. The number of aliphatic imine (C=N–C) groups is 1. The molecule has 2 atom stereocenters. The summed E-state index contributed by atoms with van der Waals surface area (Å²) in [5.74, 6) is 1.43. The number of aryl methyl sites for hydroxylation is 1. The summed E-state index contributed by atoms with van der Waals surface area (Å²) in [6.07, 6.45) is 2.19. The van der Waals surface area contributed by atoms with Gasteiger partial charge in [-0.15, -0.1) is 16.8 Å². The van der Waals surface area contributed by atoms with E-state index < -0.39 is 12.0 Å². The largest absolute Gasteiger partial charge is 0.497 e. The monoisotopic (exact) mass is 463 g/mol. The Morgan fingerprint density at radius 2 is 2.03 bits per heavy atom. The van der Waals surface area contributed by atoms with Crippen LogP contribution in [0.25, 0.3) is 5.69 Å². The Hall–Kier alpha value is -3.45. The molecule has 0 aliphatic carbocycles. The molecule has 0 saturated carbocycles. The van der Waals surface area contributed by atoms with Crippen LogP contribution in [0.3, 0.4) is 0 Å². The molecule has 1 aliphatic heterocycles. The molecule has 1 aliphatic rings. The number of carbonyl (C=O) groups is 1. The maximum absolute atomic E-state index is 13.1. The van der Waals surface area contributed by atoms with Crippen molar-refractivity contribution in [2.45, 2.75) is 26.3 Å². The predicted molar refractivity (Wildman–Crippen MR) is 129 cm³/mol. The van der Waals surface area contributed by atoms with E-state index in [2.05, 4.69) is 22.1 Å². The second kappa shape index (κ2) is 9.58. The molecule has 0 fully saturated rings. The molecule has 0 bridgehead atoms. The minimum absolute atomic E-state index is 0.0997. The number of aromatic nitrogens is 3. The third-order valence-electron chi connectivity index (χ3n) is 5.69. The van der Waals surface area contributed by atoms with Crippen LogP contribution in [0.1, 0.15) is 42.2 Å². The summed E-state index contributed by atoms with van der Waals surface area (Å²) in [6.45, 7) is 8.18. The number of rotatable bonds is 7. The Balaban J connectivity index is 2.02. The molecule has 3 aromatic rings. The van der Waals surface area contributed by atoms with E-state index in [0.717, 1.165) is 22.5 Å². The Labute approximate surface area is 198 Å². The van der Waals surface area contributed by atoms with Crippen molar-refractivity contribution in [3.8, 4) is 11.4 Å². The molecule has 1 aromatic heterocycles. The zero-order valence-corrected chi connectivity index (χ0v) is 19.6. The third-order valence-corrected chi connectivity index (χ3v) is 5.94. The van der Waals surface area contributed by atoms with E-state index in [-0.39, 0.29) is 5.91 Å². The molecule has 1 unspecified atom stereocenters. The first-order chi connectivity index (χ1) is 16.0. The summed E-state index contributed by atoms with van der Waals surface area (Å²) >= 11 is 6.16. The average molecular weight is 464 g/mol. The topological polar surface area (TPSA) is 81.4 Å². The molecule has 0 radical (unpaired) electrons. The van der Waals surface area contributed by atoms with Crippen molar-refractivity contribution in [2.24, 2.45) is 10.9 Å². The summed E-state index contributed by atoms with van der Waals surface area (Å²) in [7, 11) is 1.63. The fourth-order valence-corrected chi connectivity index (χ4v) is 4.26. The van der Waals surface area contributed by atoms with E-state index in [0.29, 0.717) is 35.4 Å². The fraction of sp³-hybridized carbons (Fsp3) is 0.280. The van der Waals surface area contributed by atoms with Gasteiger partial charge in [0.2, 0.25) is 5.91 Å². The van der Waals surface area contributed by atoms with Crippen LogP contribution in [-0.4, -0.2) is 40.0 Å². The maximum Gasteiger partial charge on any atom is 0.226 e. The van der Waals surface area contributed by atoms with Gasteiger partial charge >= 0.3 is 0 Å². The molecular weight excluding hydrogens is 438 g/mol. The lowest BCUT2D eigenvalue weighted by Gasteiger charge is -2.21. The van der Waals surface area contributed by atoms with Crippen molar-refractivity contribution < 1.29 is 9.53 Å². The fourth-order valence-electron chi connectivity index (χ4n) is 4.13. The van der Waals surface area contributed by atoms with Gasteiger partial charge < -0.3 is 10.1 Å². The van der Waals surface area contributed by atoms with Crippen LogP contribution in [0.4, 0.5) is 0 Å². The van der Waals surface area contributed by atoms with Gasteiger partial charge in [-0.25, -0.2) is 0 Å². The van der Waals surface area contributed by atoms with Crippen LogP contribution in [0, 0.1) is 12.8 Å². The molecule has 7 nitrogen and oxygen atoms in total.